The SMILES string of the molecule is Cc1cc(C(C)C(C)C)[nH]n1. The predicted octanol–water partition coefficient (Wildman–Crippen LogP) is 2.48. The Hall–Kier alpha value is -0.790. The molecule has 0 bridgehead atoms. The van der Waals surface area contributed by atoms with Crippen molar-refractivity contribution >= 4 is 0 Å². The molecule has 2 heteroatoms. The highest BCUT2D eigenvalue weighted by atomic mass is 15.1. The maximum absolute atomic E-state index is 4.10. The van der Waals surface area contributed by atoms with Gasteiger partial charge < -0.3 is 0 Å². The molecule has 0 saturated carbocycles. The van der Waals surface area contributed by atoms with Crippen molar-refractivity contribution in [2.75, 3.05) is 0 Å². The molecule has 1 rings (SSSR count). The van der Waals surface area contributed by atoms with Crippen molar-refractivity contribution in [3.05, 3.63) is 17.5 Å². The number of H-pyrrole nitrogens is 1. The summed E-state index contributed by atoms with van der Waals surface area (Å²) in [5, 5.41) is 7.13. The van der Waals surface area contributed by atoms with Crippen LogP contribution >= 0.6 is 0 Å². The van der Waals surface area contributed by atoms with Gasteiger partial charge in [0, 0.05) is 11.6 Å². The summed E-state index contributed by atoms with van der Waals surface area (Å²) < 4.78 is 0. The van der Waals surface area contributed by atoms with Crippen molar-refractivity contribution < 1.29 is 0 Å². The molecule has 0 aliphatic heterocycles. The topological polar surface area (TPSA) is 28.7 Å². The van der Waals surface area contributed by atoms with E-state index in [-0.39, 0.29) is 0 Å². The summed E-state index contributed by atoms with van der Waals surface area (Å²) in [7, 11) is 0. The van der Waals surface area contributed by atoms with Gasteiger partial charge in [0.1, 0.15) is 0 Å². The van der Waals surface area contributed by atoms with Crippen LogP contribution in [0.15, 0.2) is 6.07 Å². The van der Waals surface area contributed by atoms with E-state index in [1.54, 1.807) is 0 Å². The van der Waals surface area contributed by atoms with Crippen molar-refractivity contribution in [3.63, 3.8) is 0 Å². The van der Waals surface area contributed by atoms with E-state index in [0.717, 1.165) is 5.69 Å². The number of nitrogens with one attached hydrogen (secondary N) is 1. The average Bonchev–Trinajstić information content (AvgIpc) is 2.34. The van der Waals surface area contributed by atoms with E-state index in [1.807, 2.05) is 6.92 Å². The Morgan fingerprint density at radius 2 is 2.00 bits per heavy atom. The van der Waals surface area contributed by atoms with Gasteiger partial charge in [0.05, 0.1) is 5.69 Å². The minimum Gasteiger partial charge on any atom is -0.282 e. The van der Waals surface area contributed by atoms with E-state index < -0.39 is 0 Å². The fraction of sp³-hybridized carbons (Fsp3) is 0.667. The Bertz CT molecular complexity index is 225. The van der Waals surface area contributed by atoms with E-state index in [2.05, 4.69) is 37.0 Å². The minimum atomic E-state index is 0.580. The molecule has 1 atom stereocenters. The molecule has 0 aromatic carbocycles. The first-order chi connectivity index (χ1) is 5.11. The molecule has 62 valence electrons. The number of hydrogen-bond acceptors (Lipinski definition) is 1. The molecule has 0 radical (unpaired) electrons. The molecule has 0 amide bonds. The van der Waals surface area contributed by atoms with Crippen molar-refractivity contribution in [1.82, 2.24) is 10.2 Å². The lowest BCUT2D eigenvalue weighted by molar-refractivity contribution is 0.522. The second-order valence-electron chi connectivity index (χ2n) is 3.50. The van der Waals surface area contributed by atoms with Crippen LogP contribution in [-0.4, -0.2) is 10.2 Å². The average molecular weight is 152 g/mol. The molecule has 1 N–H and O–H groups in total. The highest BCUT2D eigenvalue weighted by molar-refractivity contribution is 5.11. The zero-order valence-electron chi connectivity index (χ0n) is 7.68. The molecular weight excluding hydrogens is 136 g/mol. The molecule has 1 unspecified atom stereocenters. The highest BCUT2D eigenvalue weighted by Crippen LogP contribution is 2.21. The molecule has 1 aromatic heterocycles. The van der Waals surface area contributed by atoms with Gasteiger partial charge in [-0.05, 0) is 18.9 Å². The first-order valence-electron chi connectivity index (χ1n) is 4.13. The van der Waals surface area contributed by atoms with Crippen molar-refractivity contribution in [2.24, 2.45) is 5.92 Å². The van der Waals surface area contributed by atoms with Gasteiger partial charge in [0.25, 0.3) is 0 Å². The van der Waals surface area contributed by atoms with Gasteiger partial charge in [-0.25, -0.2) is 0 Å². The molecule has 0 aliphatic rings. The van der Waals surface area contributed by atoms with Gasteiger partial charge in [-0.15, -0.1) is 0 Å². The van der Waals surface area contributed by atoms with Crippen LogP contribution in [0, 0.1) is 12.8 Å². The molecule has 0 aliphatic carbocycles. The Labute approximate surface area is 68.0 Å². The quantitative estimate of drug-likeness (QED) is 0.693. The highest BCUT2D eigenvalue weighted by Gasteiger charge is 2.11. The van der Waals surface area contributed by atoms with Crippen LogP contribution in [0.25, 0.3) is 0 Å². The number of aromatic nitrogens is 2. The Morgan fingerprint density at radius 1 is 1.36 bits per heavy atom. The molecule has 2 nitrogen and oxygen atoms in total. The van der Waals surface area contributed by atoms with Gasteiger partial charge in [-0.2, -0.15) is 5.10 Å². The molecule has 0 spiro atoms. The molecular formula is C9H16N2. The van der Waals surface area contributed by atoms with Gasteiger partial charge >= 0.3 is 0 Å². The number of nitrogens with zero attached hydrogens (tertiary/aromatic N) is 1. The summed E-state index contributed by atoms with van der Waals surface area (Å²) in [6.07, 6.45) is 0. The third-order valence-electron chi connectivity index (χ3n) is 2.22. The summed E-state index contributed by atoms with van der Waals surface area (Å²) >= 11 is 0. The van der Waals surface area contributed by atoms with Crippen LogP contribution in [0.1, 0.15) is 38.1 Å². The standard InChI is InChI=1S/C9H16N2/c1-6(2)8(4)9-5-7(3)10-11-9/h5-6,8H,1-4H3,(H,10,11). The smallest absolute Gasteiger partial charge is 0.0594 e. The normalized spacial score (nSPS) is 13.9. The summed E-state index contributed by atoms with van der Waals surface area (Å²) in [6.45, 7) is 8.67. The first kappa shape index (κ1) is 8.31. The van der Waals surface area contributed by atoms with E-state index in [9.17, 15) is 0 Å². The zero-order chi connectivity index (χ0) is 8.43. The van der Waals surface area contributed by atoms with E-state index in [1.165, 1.54) is 5.69 Å². The zero-order valence-corrected chi connectivity index (χ0v) is 7.68. The van der Waals surface area contributed by atoms with Crippen LogP contribution in [0.2, 0.25) is 0 Å². The maximum atomic E-state index is 4.10. The summed E-state index contributed by atoms with van der Waals surface area (Å²) in [5.74, 6) is 1.26. The first-order valence-corrected chi connectivity index (χ1v) is 4.13. The van der Waals surface area contributed by atoms with Crippen LogP contribution in [0.5, 0.6) is 0 Å². The monoisotopic (exact) mass is 152 g/mol. The lowest BCUT2D eigenvalue weighted by atomic mass is 9.95. The lowest BCUT2D eigenvalue weighted by Crippen LogP contribution is -2.01. The second kappa shape index (κ2) is 3.07. The molecule has 0 fully saturated rings. The van der Waals surface area contributed by atoms with E-state index in [0.29, 0.717) is 11.8 Å². The summed E-state index contributed by atoms with van der Waals surface area (Å²) in [4.78, 5) is 0. The molecule has 1 aromatic rings. The Kier molecular flexibility index (Phi) is 2.32. The van der Waals surface area contributed by atoms with Crippen molar-refractivity contribution in [1.29, 1.82) is 0 Å². The van der Waals surface area contributed by atoms with Crippen LogP contribution in [0.4, 0.5) is 0 Å². The number of aromatic amines is 1. The van der Waals surface area contributed by atoms with E-state index in [4.69, 9.17) is 0 Å². The predicted molar refractivity (Wildman–Crippen MR) is 46.6 cm³/mol. The minimum absolute atomic E-state index is 0.580. The number of aryl methyl sites for hydroxylation is 1. The van der Waals surface area contributed by atoms with Gasteiger partial charge in [0.15, 0.2) is 0 Å². The van der Waals surface area contributed by atoms with Gasteiger partial charge in [-0.3, -0.25) is 5.10 Å². The Balaban J connectivity index is 2.76. The van der Waals surface area contributed by atoms with Gasteiger partial charge in [0.2, 0.25) is 0 Å². The fourth-order valence-corrected chi connectivity index (χ4v) is 1.03. The van der Waals surface area contributed by atoms with Crippen molar-refractivity contribution in [2.45, 2.75) is 33.6 Å². The molecule has 1 heterocycles. The number of hydrogen-bond donors (Lipinski definition) is 1. The van der Waals surface area contributed by atoms with Crippen LogP contribution in [0.3, 0.4) is 0 Å². The maximum Gasteiger partial charge on any atom is 0.0594 e. The van der Waals surface area contributed by atoms with Crippen molar-refractivity contribution in [3.8, 4) is 0 Å². The Morgan fingerprint density at radius 3 is 2.36 bits per heavy atom. The third-order valence-corrected chi connectivity index (χ3v) is 2.22. The second-order valence-corrected chi connectivity index (χ2v) is 3.50. The summed E-state index contributed by atoms with van der Waals surface area (Å²) in [6, 6.07) is 2.12. The van der Waals surface area contributed by atoms with Gasteiger partial charge in [-0.1, -0.05) is 20.8 Å². The molecule has 0 saturated heterocycles. The largest absolute Gasteiger partial charge is 0.282 e. The molecule has 11 heavy (non-hydrogen) atoms. The van der Waals surface area contributed by atoms with Crippen LogP contribution in [-0.2, 0) is 0 Å². The summed E-state index contributed by atoms with van der Waals surface area (Å²) in [5.41, 5.74) is 2.32. The fourth-order valence-electron chi connectivity index (χ4n) is 1.03. The van der Waals surface area contributed by atoms with Crippen LogP contribution < -0.4 is 0 Å². The number of rotatable bonds is 2. The third kappa shape index (κ3) is 1.82. The lowest BCUT2D eigenvalue weighted by Gasteiger charge is -2.12. The van der Waals surface area contributed by atoms with E-state index >= 15 is 0 Å².